The van der Waals surface area contributed by atoms with E-state index in [1.807, 2.05) is 0 Å². The average Bonchev–Trinajstić information content (AvgIpc) is 2.97. The number of hydrogen-bond acceptors (Lipinski definition) is 7. The Morgan fingerprint density at radius 1 is 1.17 bits per heavy atom. The van der Waals surface area contributed by atoms with Gasteiger partial charge in [-0.2, -0.15) is 0 Å². The Morgan fingerprint density at radius 3 is 2.52 bits per heavy atom. The number of aliphatic hydroxyl groups is 1. The van der Waals surface area contributed by atoms with Gasteiger partial charge in [-0.25, -0.2) is 0 Å². The van der Waals surface area contributed by atoms with E-state index in [1.165, 1.54) is 13.8 Å². The van der Waals surface area contributed by atoms with Gasteiger partial charge in [0.05, 0.1) is 6.10 Å². The van der Waals surface area contributed by atoms with Crippen LogP contribution in [0.25, 0.3) is 0 Å². The minimum absolute atomic E-state index is 0.0238. The Bertz CT molecular complexity index is 444. The summed E-state index contributed by atoms with van der Waals surface area (Å²) < 4.78 is 15.0. The van der Waals surface area contributed by atoms with Crippen LogP contribution in [0, 0.1) is 0 Å². The molecular formula is C16H24O7. The third kappa shape index (κ3) is 7.90. The lowest BCUT2D eigenvalue weighted by Gasteiger charge is -2.18. The molecule has 0 aromatic rings. The first-order valence-electron chi connectivity index (χ1n) is 7.68. The van der Waals surface area contributed by atoms with E-state index in [1.54, 1.807) is 12.2 Å². The smallest absolute Gasteiger partial charge is 0.302 e. The maximum atomic E-state index is 12.0. The topological polar surface area (TPSA) is 99.1 Å². The summed E-state index contributed by atoms with van der Waals surface area (Å²) in [5.74, 6) is -0.831. The number of ether oxygens (including phenoxy) is 3. The van der Waals surface area contributed by atoms with E-state index in [-0.39, 0.29) is 25.0 Å². The fraction of sp³-hybridized carbons (Fsp3) is 0.688. The number of allylic oxidation sites excluding steroid dienone is 1. The Morgan fingerprint density at radius 2 is 1.87 bits per heavy atom. The Labute approximate surface area is 135 Å². The normalized spacial score (nSPS) is 22.0. The maximum absolute atomic E-state index is 12.0. The van der Waals surface area contributed by atoms with E-state index in [0.717, 1.165) is 0 Å². The minimum Gasteiger partial charge on any atom is -0.463 e. The monoisotopic (exact) mass is 328 g/mol. The molecule has 1 saturated heterocycles. The van der Waals surface area contributed by atoms with E-state index >= 15 is 0 Å². The lowest BCUT2D eigenvalue weighted by molar-refractivity contribution is -0.149. The van der Waals surface area contributed by atoms with Crippen molar-refractivity contribution in [2.45, 2.75) is 57.8 Å². The summed E-state index contributed by atoms with van der Waals surface area (Å²) in [7, 11) is 0. The van der Waals surface area contributed by atoms with Crippen LogP contribution in [-0.4, -0.2) is 54.4 Å². The molecule has 1 rings (SSSR count). The third-order valence-electron chi connectivity index (χ3n) is 3.40. The zero-order valence-corrected chi connectivity index (χ0v) is 13.5. The van der Waals surface area contributed by atoms with Crippen molar-refractivity contribution in [2.24, 2.45) is 0 Å². The zero-order valence-electron chi connectivity index (χ0n) is 13.5. The molecule has 1 aliphatic rings. The number of aliphatic hydroxyl groups excluding tert-OH is 1. The summed E-state index contributed by atoms with van der Waals surface area (Å²) >= 11 is 0. The number of esters is 2. The number of rotatable bonds is 9. The first-order chi connectivity index (χ1) is 10.9. The number of carbonyl (C=O) groups is 3. The van der Waals surface area contributed by atoms with Crippen molar-refractivity contribution in [3.63, 3.8) is 0 Å². The highest BCUT2D eigenvalue weighted by Gasteiger charge is 2.34. The van der Waals surface area contributed by atoms with Gasteiger partial charge in [0, 0.05) is 20.3 Å². The highest BCUT2D eigenvalue weighted by Crippen LogP contribution is 2.24. The quantitative estimate of drug-likeness (QED) is 0.496. The van der Waals surface area contributed by atoms with Crippen molar-refractivity contribution in [1.82, 2.24) is 0 Å². The highest BCUT2D eigenvalue weighted by molar-refractivity contribution is 5.83. The molecule has 0 bridgehead atoms. The van der Waals surface area contributed by atoms with Gasteiger partial charge in [-0.3, -0.25) is 14.4 Å². The number of hydrogen-bond donors (Lipinski definition) is 1. The summed E-state index contributed by atoms with van der Waals surface area (Å²) in [5, 5.41) is 9.85. The van der Waals surface area contributed by atoms with Gasteiger partial charge in [0.2, 0.25) is 0 Å². The molecule has 3 atom stereocenters. The fourth-order valence-electron chi connectivity index (χ4n) is 2.23. The Balaban J connectivity index is 2.23. The van der Waals surface area contributed by atoms with Crippen LogP contribution in [-0.2, 0) is 28.6 Å². The summed E-state index contributed by atoms with van der Waals surface area (Å²) in [6, 6.07) is 0. The van der Waals surface area contributed by atoms with Crippen LogP contribution in [0.1, 0.15) is 39.5 Å². The van der Waals surface area contributed by atoms with Crippen molar-refractivity contribution < 1.29 is 33.7 Å². The molecule has 7 nitrogen and oxygen atoms in total. The third-order valence-corrected chi connectivity index (χ3v) is 3.40. The fourth-order valence-corrected chi connectivity index (χ4v) is 2.23. The number of carbonyl (C=O) groups excluding carboxylic acids is 3. The maximum Gasteiger partial charge on any atom is 0.302 e. The first kappa shape index (κ1) is 19.3. The molecule has 1 N–H and O–H groups in total. The van der Waals surface area contributed by atoms with E-state index in [4.69, 9.17) is 14.2 Å². The second-order valence-electron chi connectivity index (χ2n) is 5.39. The molecule has 0 aliphatic carbocycles. The van der Waals surface area contributed by atoms with Gasteiger partial charge >= 0.3 is 11.9 Å². The second kappa shape index (κ2) is 10.1. The molecule has 0 unspecified atom stereocenters. The lowest BCUT2D eigenvalue weighted by Crippen LogP contribution is -2.32. The van der Waals surface area contributed by atoms with Crippen molar-refractivity contribution in [3.05, 3.63) is 12.2 Å². The molecule has 0 aromatic carbocycles. The van der Waals surface area contributed by atoms with Crippen LogP contribution < -0.4 is 0 Å². The van der Waals surface area contributed by atoms with Gasteiger partial charge < -0.3 is 19.3 Å². The van der Waals surface area contributed by atoms with Crippen LogP contribution in [0.5, 0.6) is 0 Å². The van der Waals surface area contributed by atoms with E-state index in [9.17, 15) is 19.5 Å². The highest BCUT2D eigenvalue weighted by atomic mass is 16.6. The molecule has 0 saturated carbocycles. The van der Waals surface area contributed by atoms with Gasteiger partial charge in [0.25, 0.3) is 0 Å². The number of Topliss-reactive ketones (excluding diaryl/α,β-unsaturated/α-hetero) is 1. The molecule has 0 spiro atoms. The summed E-state index contributed by atoms with van der Waals surface area (Å²) in [6.45, 7) is 2.68. The molecule has 1 aliphatic heterocycles. The van der Waals surface area contributed by atoms with Crippen LogP contribution in [0.2, 0.25) is 0 Å². The standard InChI is InChI=1S/C16H24O7/c1-11(17)21-9-5-3-4-6-13(19)15-7-8-16(23-15)14(20)10-22-12(2)18/h3,5,14-16,20H,4,6-10H2,1-2H3/b5-3+/t14-,15+,16-/m1/s1. The van der Waals surface area contributed by atoms with Gasteiger partial charge in [-0.1, -0.05) is 12.2 Å². The van der Waals surface area contributed by atoms with Crippen LogP contribution in [0.4, 0.5) is 0 Å². The van der Waals surface area contributed by atoms with E-state index in [0.29, 0.717) is 25.7 Å². The van der Waals surface area contributed by atoms with Crippen LogP contribution in [0.3, 0.4) is 0 Å². The van der Waals surface area contributed by atoms with Gasteiger partial charge in [-0.15, -0.1) is 0 Å². The second-order valence-corrected chi connectivity index (χ2v) is 5.39. The molecule has 7 heteroatoms. The summed E-state index contributed by atoms with van der Waals surface area (Å²) in [6.07, 6.45) is 3.53. The summed E-state index contributed by atoms with van der Waals surface area (Å²) in [4.78, 5) is 33.3. The van der Waals surface area contributed by atoms with Gasteiger partial charge in [-0.05, 0) is 19.3 Å². The molecule has 23 heavy (non-hydrogen) atoms. The van der Waals surface area contributed by atoms with Crippen molar-refractivity contribution >= 4 is 17.7 Å². The average molecular weight is 328 g/mol. The minimum atomic E-state index is -0.916. The zero-order chi connectivity index (χ0) is 17.2. The van der Waals surface area contributed by atoms with Crippen molar-refractivity contribution in [3.8, 4) is 0 Å². The summed E-state index contributed by atoms with van der Waals surface area (Å²) in [5.41, 5.74) is 0. The molecule has 130 valence electrons. The Hall–Kier alpha value is -1.73. The predicted molar refractivity (Wildman–Crippen MR) is 80.5 cm³/mol. The van der Waals surface area contributed by atoms with Crippen molar-refractivity contribution in [2.75, 3.05) is 13.2 Å². The largest absolute Gasteiger partial charge is 0.463 e. The SMILES string of the molecule is CC(=O)OC/C=C/CCC(=O)[C@@H]1CC[C@H]([C@H](O)COC(C)=O)O1. The molecule has 0 radical (unpaired) electrons. The molecule has 1 fully saturated rings. The lowest BCUT2D eigenvalue weighted by atomic mass is 10.1. The predicted octanol–water partition coefficient (Wildman–Crippen LogP) is 0.927. The van der Waals surface area contributed by atoms with E-state index < -0.39 is 24.3 Å². The Kier molecular flexibility index (Phi) is 8.50. The van der Waals surface area contributed by atoms with Crippen LogP contribution in [0.15, 0.2) is 12.2 Å². The molecule has 1 heterocycles. The van der Waals surface area contributed by atoms with Crippen molar-refractivity contribution in [1.29, 1.82) is 0 Å². The first-order valence-corrected chi connectivity index (χ1v) is 7.68. The van der Waals surface area contributed by atoms with E-state index in [2.05, 4.69) is 0 Å². The molecular weight excluding hydrogens is 304 g/mol. The molecule has 0 amide bonds. The van der Waals surface area contributed by atoms with Gasteiger partial charge in [0.15, 0.2) is 5.78 Å². The van der Waals surface area contributed by atoms with Crippen LogP contribution >= 0.6 is 0 Å². The van der Waals surface area contributed by atoms with Gasteiger partial charge in [0.1, 0.15) is 25.4 Å². The number of ketones is 1. The molecule has 0 aromatic heterocycles.